The summed E-state index contributed by atoms with van der Waals surface area (Å²) in [5.41, 5.74) is 9.52. The van der Waals surface area contributed by atoms with Crippen LogP contribution < -0.4 is 16.2 Å². The molecule has 1 aliphatic rings. The van der Waals surface area contributed by atoms with E-state index in [0.29, 0.717) is 23.3 Å². The molecule has 0 bridgehead atoms. The number of carbonyl (C=O) groups is 2. The zero-order valence-electron chi connectivity index (χ0n) is 19.4. The van der Waals surface area contributed by atoms with Crippen LogP contribution in [0.1, 0.15) is 67.9 Å². The van der Waals surface area contributed by atoms with Crippen molar-refractivity contribution in [2.24, 2.45) is 5.92 Å². The van der Waals surface area contributed by atoms with E-state index in [1.165, 1.54) is 5.56 Å². The van der Waals surface area contributed by atoms with Crippen LogP contribution in [0, 0.1) is 5.92 Å². The lowest BCUT2D eigenvalue weighted by atomic mass is 9.99. The first-order valence-electron chi connectivity index (χ1n) is 11.7. The van der Waals surface area contributed by atoms with Gasteiger partial charge in [0.15, 0.2) is 0 Å². The number of hydrazine groups is 1. The van der Waals surface area contributed by atoms with Crippen molar-refractivity contribution in [1.29, 1.82) is 0 Å². The fourth-order valence-electron chi connectivity index (χ4n) is 3.94. The fraction of sp³-hybridized carbons (Fsp3) is 0.462. The summed E-state index contributed by atoms with van der Waals surface area (Å²) in [6.45, 7) is 4.45. The predicted octanol–water partition coefficient (Wildman–Crippen LogP) is 4.52. The number of carbonyl (C=O) groups excluding carboxylic acids is 2. The molecule has 2 aromatic rings. The van der Waals surface area contributed by atoms with Gasteiger partial charge in [-0.05, 0) is 49.1 Å². The molecular weight excluding hydrogens is 400 g/mol. The van der Waals surface area contributed by atoms with E-state index < -0.39 is 0 Å². The van der Waals surface area contributed by atoms with Crippen molar-refractivity contribution < 1.29 is 9.59 Å². The SMILES string of the molecule is CC(C)C(=O)Nc1ccc(C(=O)N(C)CCCCCC2CC(c3ccccc3)NN2)cc1. The van der Waals surface area contributed by atoms with Crippen LogP contribution in [-0.2, 0) is 4.79 Å². The summed E-state index contributed by atoms with van der Waals surface area (Å²) in [5, 5.41) is 2.85. The number of hydrogen-bond donors (Lipinski definition) is 3. The highest BCUT2D eigenvalue weighted by atomic mass is 16.2. The minimum Gasteiger partial charge on any atom is -0.342 e. The number of benzene rings is 2. The maximum atomic E-state index is 12.7. The van der Waals surface area contributed by atoms with Crippen LogP contribution in [0.15, 0.2) is 54.6 Å². The van der Waals surface area contributed by atoms with Crippen LogP contribution >= 0.6 is 0 Å². The van der Waals surface area contributed by atoms with Crippen LogP contribution in [-0.4, -0.2) is 36.3 Å². The average molecular weight is 437 g/mol. The molecule has 6 heteroatoms. The number of rotatable bonds is 10. The fourth-order valence-corrected chi connectivity index (χ4v) is 3.94. The third-order valence-corrected chi connectivity index (χ3v) is 6.00. The minimum atomic E-state index is -0.0755. The first-order valence-corrected chi connectivity index (χ1v) is 11.7. The number of nitrogens with one attached hydrogen (secondary N) is 3. The molecule has 2 atom stereocenters. The van der Waals surface area contributed by atoms with E-state index in [1.807, 2.05) is 27.0 Å². The monoisotopic (exact) mass is 436 g/mol. The maximum Gasteiger partial charge on any atom is 0.253 e. The van der Waals surface area contributed by atoms with Gasteiger partial charge in [0, 0.05) is 42.8 Å². The quantitative estimate of drug-likeness (QED) is 0.479. The van der Waals surface area contributed by atoms with Crippen molar-refractivity contribution in [3.63, 3.8) is 0 Å². The summed E-state index contributed by atoms with van der Waals surface area (Å²) in [5.74, 6) is -0.0899. The molecule has 3 N–H and O–H groups in total. The molecule has 32 heavy (non-hydrogen) atoms. The Balaban J connectivity index is 1.33. The van der Waals surface area contributed by atoms with Crippen LogP contribution in [0.2, 0.25) is 0 Å². The second kappa shape index (κ2) is 11.8. The van der Waals surface area contributed by atoms with Crippen molar-refractivity contribution in [2.75, 3.05) is 18.9 Å². The van der Waals surface area contributed by atoms with Gasteiger partial charge in [0.2, 0.25) is 5.91 Å². The van der Waals surface area contributed by atoms with Crippen LogP contribution in [0.25, 0.3) is 0 Å². The number of amides is 2. The Hall–Kier alpha value is -2.70. The molecule has 0 saturated carbocycles. The zero-order chi connectivity index (χ0) is 22.9. The van der Waals surface area contributed by atoms with E-state index in [-0.39, 0.29) is 17.7 Å². The van der Waals surface area contributed by atoms with E-state index in [2.05, 4.69) is 40.4 Å². The summed E-state index contributed by atoms with van der Waals surface area (Å²) < 4.78 is 0. The standard InChI is InChI=1S/C26H36N4O2/c1-19(2)25(31)27-22-15-13-21(14-16-22)26(32)30(3)17-9-5-8-12-23-18-24(29-28-23)20-10-6-4-7-11-20/h4,6-7,10-11,13-16,19,23-24,28-29H,5,8-9,12,17-18H2,1-3H3,(H,27,31). The van der Waals surface area contributed by atoms with E-state index in [1.54, 1.807) is 29.2 Å². The molecule has 0 spiro atoms. The van der Waals surface area contributed by atoms with Gasteiger partial charge in [-0.25, -0.2) is 0 Å². The molecule has 1 saturated heterocycles. The van der Waals surface area contributed by atoms with Gasteiger partial charge in [-0.15, -0.1) is 0 Å². The Morgan fingerprint density at radius 3 is 2.41 bits per heavy atom. The first kappa shape index (κ1) is 24.0. The highest BCUT2D eigenvalue weighted by Crippen LogP contribution is 2.24. The van der Waals surface area contributed by atoms with E-state index >= 15 is 0 Å². The normalized spacial score (nSPS) is 18.0. The molecule has 1 heterocycles. The van der Waals surface area contributed by atoms with Gasteiger partial charge in [0.05, 0.1) is 0 Å². The third kappa shape index (κ3) is 6.90. The molecule has 0 aliphatic carbocycles. The van der Waals surface area contributed by atoms with Crippen molar-refractivity contribution in [3.8, 4) is 0 Å². The topological polar surface area (TPSA) is 73.5 Å². The molecule has 1 aliphatic heterocycles. The lowest BCUT2D eigenvalue weighted by molar-refractivity contribution is -0.118. The molecule has 0 aromatic heterocycles. The second-order valence-electron chi connectivity index (χ2n) is 8.98. The van der Waals surface area contributed by atoms with Crippen molar-refractivity contribution in [3.05, 3.63) is 65.7 Å². The summed E-state index contributed by atoms with van der Waals surface area (Å²) in [4.78, 5) is 26.2. The van der Waals surface area contributed by atoms with Crippen LogP contribution in [0.4, 0.5) is 5.69 Å². The van der Waals surface area contributed by atoms with Gasteiger partial charge in [-0.1, -0.05) is 57.0 Å². The van der Waals surface area contributed by atoms with Gasteiger partial charge < -0.3 is 10.2 Å². The molecular formula is C26H36N4O2. The Bertz CT molecular complexity index is 867. The van der Waals surface area contributed by atoms with Gasteiger partial charge in [-0.3, -0.25) is 20.4 Å². The number of nitrogens with zero attached hydrogens (tertiary/aromatic N) is 1. The molecule has 172 valence electrons. The average Bonchev–Trinajstić information content (AvgIpc) is 3.28. The highest BCUT2D eigenvalue weighted by molar-refractivity contribution is 5.96. The van der Waals surface area contributed by atoms with Crippen molar-refractivity contribution >= 4 is 17.5 Å². The van der Waals surface area contributed by atoms with Gasteiger partial charge >= 0.3 is 0 Å². The highest BCUT2D eigenvalue weighted by Gasteiger charge is 2.24. The predicted molar refractivity (Wildman–Crippen MR) is 129 cm³/mol. The smallest absolute Gasteiger partial charge is 0.253 e. The Kier molecular flexibility index (Phi) is 8.82. The molecule has 3 rings (SSSR count). The minimum absolute atomic E-state index is 0.0131. The van der Waals surface area contributed by atoms with Gasteiger partial charge in [0.25, 0.3) is 5.91 Å². The lowest BCUT2D eigenvalue weighted by Gasteiger charge is -2.18. The Labute approximate surface area is 191 Å². The molecule has 0 radical (unpaired) electrons. The summed E-state index contributed by atoms with van der Waals surface area (Å²) >= 11 is 0. The molecule has 2 aromatic carbocycles. The lowest BCUT2D eigenvalue weighted by Crippen LogP contribution is -2.30. The summed E-state index contributed by atoms with van der Waals surface area (Å²) in [7, 11) is 1.85. The zero-order valence-corrected chi connectivity index (χ0v) is 19.4. The van der Waals surface area contributed by atoms with E-state index in [9.17, 15) is 9.59 Å². The largest absolute Gasteiger partial charge is 0.342 e. The van der Waals surface area contributed by atoms with Crippen molar-refractivity contribution in [2.45, 2.75) is 58.0 Å². The first-order chi connectivity index (χ1) is 15.4. The number of hydrogen-bond acceptors (Lipinski definition) is 4. The molecule has 2 amide bonds. The van der Waals surface area contributed by atoms with Gasteiger partial charge in [-0.2, -0.15) is 0 Å². The van der Waals surface area contributed by atoms with E-state index in [0.717, 1.165) is 38.6 Å². The molecule has 2 unspecified atom stereocenters. The molecule has 1 fully saturated rings. The second-order valence-corrected chi connectivity index (χ2v) is 8.98. The van der Waals surface area contributed by atoms with Crippen molar-refractivity contribution in [1.82, 2.24) is 15.8 Å². The Morgan fingerprint density at radius 1 is 1.00 bits per heavy atom. The molecule has 6 nitrogen and oxygen atoms in total. The summed E-state index contributed by atoms with van der Waals surface area (Å²) in [6, 6.07) is 18.6. The van der Waals surface area contributed by atoms with Crippen LogP contribution in [0.5, 0.6) is 0 Å². The number of anilines is 1. The third-order valence-electron chi connectivity index (χ3n) is 6.00. The summed E-state index contributed by atoms with van der Waals surface area (Å²) in [6.07, 6.45) is 5.49. The Morgan fingerprint density at radius 2 is 1.72 bits per heavy atom. The van der Waals surface area contributed by atoms with E-state index in [4.69, 9.17) is 0 Å². The number of unbranched alkanes of at least 4 members (excludes halogenated alkanes) is 2. The van der Waals surface area contributed by atoms with Crippen LogP contribution in [0.3, 0.4) is 0 Å². The maximum absolute atomic E-state index is 12.7. The van der Waals surface area contributed by atoms with Gasteiger partial charge in [0.1, 0.15) is 0 Å².